The van der Waals surface area contributed by atoms with E-state index in [0.29, 0.717) is 16.3 Å². The Morgan fingerprint density at radius 1 is 1.13 bits per heavy atom. The molecule has 0 aromatic heterocycles. The van der Waals surface area contributed by atoms with E-state index < -0.39 is 4.92 Å². The van der Waals surface area contributed by atoms with Gasteiger partial charge in [0.05, 0.1) is 21.9 Å². The lowest BCUT2D eigenvalue weighted by Gasteiger charge is -2.00. The van der Waals surface area contributed by atoms with Crippen LogP contribution in [0.25, 0.3) is 10.8 Å². The molecule has 0 atom stereocenters. The molecule has 0 bridgehead atoms. The van der Waals surface area contributed by atoms with E-state index in [1.165, 1.54) is 6.07 Å². The second-order valence-electron chi connectivity index (χ2n) is 3.05. The number of rotatable bonds is 1. The Kier molecular flexibility index (Phi) is 2.07. The number of benzene rings is 2. The van der Waals surface area contributed by atoms with E-state index in [-0.39, 0.29) is 5.69 Å². The third-order valence-electron chi connectivity index (χ3n) is 2.22. The Bertz CT molecular complexity index is 585. The molecule has 2 aromatic rings. The number of hydrogen-bond donors (Lipinski definition) is 0. The van der Waals surface area contributed by atoms with E-state index in [4.69, 9.17) is 5.26 Å². The zero-order chi connectivity index (χ0) is 10.8. The van der Waals surface area contributed by atoms with E-state index in [9.17, 15) is 10.1 Å². The first-order valence-corrected chi connectivity index (χ1v) is 4.30. The van der Waals surface area contributed by atoms with Crippen molar-refractivity contribution < 1.29 is 4.92 Å². The van der Waals surface area contributed by atoms with E-state index in [2.05, 4.69) is 0 Å². The van der Waals surface area contributed by atoms with E-state index >= 15 is 0 Å². The summed E-state index contributed by atoms with van der Waals surface area (Å²) in [6.07, 6.45) is 0. The van der Waals surface area contributed by atoms with Crippen LogP contribution in [0.3, 0.4) is 0 Å². The molecule has 2 aromatic carbocycles. The van der Waals surface area contributed by atoms with Crippen LogP contribution in [-0.2, 0) is 0 Å². The third-order valence-corrected chi connectivity index (χ3v) is 2.22. The molecule has 4 nitrogen and oxygen atoms in total. The van der Waals surface area contributed by atoms with Crippen molar-refractivity contribution in [2.24, 2.45) is 0 Å². The summed E-state index contributed by atoms with van der Waals surface area (Å²) in [5.74, 6) is 0. The van der Waals surface area contributed by atoms with Crippen molar-refractivity contribution in [1.82, 2.24) is 0 Å². The maximum absolute atomic E-state index is 10.7. The molecule has 0 spiro atoms. The summed E-state index contributed by atoms with van der Waals surface area (Å²) in [5.41, 5.74) is 0.487. The highest BCUT2D eigenvalue weighted by Crippen LogP contribution is 2.27. The maximum atomic E-state index is 10.7. The fourth-order valence-corrected chi connectivity index (χ4v) is 1.55. The Labute approximate surface area is 85.5 Å². The average molecular weight is 198 g/mol. The van der Waals surface area contributed by atoms with Gasteiger partial charge in [-0.2, -0.15) is 5.26 Å². The van der Waals surface area contributed by atoms with Gasteiger partial charge in [0.25, 0.3) is 5.69 Å². The summed E-state index contributed by atoms with van der Waals surface area (Å²) >= 11 is 0. The normalized spacial score (nSPS) is 9.80. The summed E-state index contributed by atoms with van der Waals surface area (Å²) in [6, 6.07) is 11.7. The second-order valence-corrected chi connectivity index (χ2v) is 3.05. The summed E-state index contributed by atoms with van der Waals surface area (Å²) in [7, 11) is 0. The number of hydrogen-bond acceptors (Lipinski definition) is 3. The Hall–Kier alpha value is -2.41. The Morgan fingerprint density at radius 3 is 2.47 bits per heavy atom. The van der Waals surface area contributed by atoms with E-state index in [1.54, 1.807) is 30.3 Å². The first-order valence-electron chi connectivity index (χ1n) is 4.30. The second kappa shape index (κ2) is 3.39. The monoisotopic (exact) mass is 198 g/mol. The molecule has 0 N–H and O–H groups in total. The largest absolute Gasteiger partial charge is 0.277 e. The van der Waals surface area contributed by atoms with Crippen molar-refractivity contribution >= 4 is 16.5 Å². The molecule has 72 valence electrons. The molecular weight excluding hydrogens is 192 g/mol. The van der Waals surface area contributed by atoms with Crippen LogP contribution in [0.15, 0.2) is 36.4 Å². The molecule has 0 aliphatic rings. The third kappa shape index (κ3) is 1.40. The number of fused-ring (bicyclic) bond motifs is 1. The lowest BCUT2D eigenvalue weighted by atomic mass is 10.0. The molecule has 0 aliphatic carbocycles. The van der Waals surface area contributed by atoms with Crippen LogP contribution in [0.4, 0.5) is 5.69 Å². The molecule has 0 fully saturated rings. The highest BCUT2D eigenvalue weighted by molar-refractivity contribution is 5.94. The first kappa shape index (κ1) is 9.16. The maximum Gasteiger partial charge on any atom is 0.277 e. The number of non-ortho nitro benzene ring substituents is 1. The van der Waals surface area contributed by atoms with Crippen LogP contribution in [0.1, 0.15) is 5.56 Å². The fraction of sp³-hybridized carbons (Fsp3) is 0. The van der Waals surface area contributed by atoms with Crippen molar-refractivity contribution in [3.63, 3.8) is 0 Å². The molecular formula is C11H6N2O2. The summed E-state index contributed by atoms with van der Waals surface area (Å²) in [4.78, 5) is 10.3. The molecule has 0 heterocycles. The molecule has 0 amide bonds. The zero-order valence-corrected chi connectivity index (χ0v) is 7.68. The molecule has 0 saturated carbocycles. The smallest absolute Gasteiger partial charge is 0.258 e. The SMILES string of the molecule is N#Cc1cccc2c([N+](=O)[O-])cccc12. The van der Waals surface area contributed by atoms with Crippen molar-refractivity contribution in [3.05, 3.63) is 52.1 Å². The highest BCUT2D eigenvalue weighted by atomic mass is 16.6. The van der Waals surface area contributed by atoms with Crippen molar-refractivity contribution in [2.75, 3.05) is 0 Å². The van der Waals surface area contributed by atoms with Crippen molar-refractivity contribution in [1.29, 1.82) is 5.26 Å². The van der Waals surface area contributed by atoms with E-state index in [1.807, 2.05) is 6.07 Å². The summed E-state index contributed by atoms with van der Waals surface area (Å²) in [6.45, 7) is 0. The van der Waals surface area contributed by atoms with Gasteiger partial charge in [-0.05, 0) is 12.1 Å². The van der Waals surface area contributed by atoms with Gasteiger partial charge >= 0.3 is 0 Å². The fourth-order valence-electron chi connectivity index (χ4n) is 1.55. The lowest BCUT2D eigenvalue weighted by molar-refractivity contribution is -0.383. The number of nitriles is 1. The molecule has 0 aliphatic heterocycles. The molecule has 0 saturated heterocycles. The van der Waals surface area contributed by atoms with Crippen molar-refractivity contribution in [2.45, 2.75) is 0 Å². The van der Waals surface area contributed by atoms with E-state index in [0.717, 1.165) is 0 Å². The topological polar surface area (TPSA) is 66.9 Å². The molecule has 2 rings (SSSR count). The molecule has 0 radical (unpaired) electrons. The van der Waals surface area contributed by atoms with Gasteiger partial charge in [-0.25, -0.2) is 0 Å². The van der Waals surface area contributed by atoms with Crippen LogP contribution in [0.5, 0.6) is 0 Å². The Morgan fingerprint density at radius 2 is 1.80 bits per heavy atom. The predicted molar refractivity (Wildman–Crippen MR) is 55.3 cm³/mol. The van der Waals surface area contributed by atoms with Gasteiger partial charge < -0.3 is 0 Å². The van der Waals surface area contributed by atoms with Crippen LogP contribution in [0.2, 0.25) is 0 Å². The minimum Gasteiger partial charge on any atom is -0.258 e. The number of nitro groups is 1. The van der Waals surface area contributed by atoms with Crippen LogP contribution >= 0.6 is 0 Å². The van der Waals surface area contributed by atoms with Crippen LogP contribution < -0.4 is 0 Å². The first-order chi connectivity index (χ1) is 7.24. The minimum absolute atomic E-state index is 0.0320. The van der Waals surface area contributed by atoms with Gasteiger partial charge in [0.2, 0.25) is 0 Å². The molecule has 15 heavy (non-hydrogen) atoms. The quantitative estimate of drug-likeness (QED) is 0.522. The van der Waals surface area contributed by atoms with Gasteiger partial charge in [0.15, 0.2) is 0 Å². The van der Waals surface area contributed by atoms with Crippen molar-refractivity contribution in [3.8, 4) is 6.07 Å². The number of nitrogens with zero attached hydrogens (tertiary/aromatic N) is 2. The predicted octanol–water partition coefficient (Wildman–Crippen LogP) is 2.62. The number of nitro benzene ring substituents is 1. The van der Waals surface area contributed by atoms with Gasteiger partial charge in [-0.1, -0.05) is 18.2 Å². The lowest BCUT2D eigenvalue weighted by Crippen LogP contribution is -1.90. The van der Waals surface area contributed by atoms with Crippen LogP contribution in [-0.4, -0.2) is 4.92 Å². The summed E-state index contributed by atoms with van der Waals surface area (Å²) < 4.78 is 0. The van der Waals surface area contributed by atoms with Gasteiger partial charge in [-0.15, -0.1) is 0 Å². The van der Waals surface area contributed by atoms with Gasteiger partial charge in [-0.3, -0.25) is 10.1 Å². The van der Waals surface area contributed by atoms with Gasteiger partial charge in [0.1, 0.15) is 0 Å². The highest BCUT2D eigenvalue weighted by Gasteiger charge is 2.11. The average Bonchev–Trinajstić information content (AvgIpc) is 2.27. The van der Waals surface area contributed by atoms with Gasteiger partial charge in [0, 0.05) is 11.5 Å². The minimum atomic E-state index is -0.441. The molecule has 0 unspecified atom stereocenters. The Balaban J connectivity index is 2.90. The summed E-state index contributed by atoms with van der Waals surface area (Å²) in [5, 5.41) is 20.7. The standard InChI is InChI=1S/C11H6N2O2/c12-7-8-3-1-5-10-9(8)4-2-6-11(10)13(14)15/h1-6H. The molecule has 4 heteroatoms. The van der Waals surface area contributed by atoms with Crippen LogP contribution in [0, 0.1) is 21.4 Å². The zero-order valence-electron chi connectivity index (χ0n) is 7.68.